The zero-order valence-electron chi connectivity index (χ0n) is 15.8. The summed E-state index contributed by atoms with van der Waals surface area (Å²) in [6, 6.07) is 15.5. The molecule has 2 aliphatic rings. The summed E-state index contributed by atoms with van der Waals surface area (Å²) in [6.07, 6.45) is 0.235. The Kier molecular flexibility index (Phi) is 5.05. The summed E-state index contributed by atoms with van der Waals surface area (Å²) in [6.45, 7) is 4.03. The molecule has 5 nitrogen and oxygen atoms in total. The van der Waals surface area contributed by atoms with Gasteiger partial charge in [-0.3, -0.25) is 4.79 Å². The van der Waals surface area contributed by atoms with Crippen LogP contribution in [0.3, 0.4) is 0 Å². The van der Waals surface area contributed by atoms with E-state index in [0.717, 1.165) is 22.4 Å². The van der Waals surface area contributed by atoms with Crippen LogP contribution in [0.25, 0.3) is 0 Å². The Bertz CT molecular complexity index is 1030. The minimum absolute atomic E-state index is 0.0888. The van der Waals surface area contributed by atoms with Crippen LogP contribution in [-0.4, -0.2) is 42.3 Å². The zero-order valence-corrected chi connectivity index (χ0v) is 17.5. The number of fused-ring (bicyclic) bond motifs is 1. The fourth-order valence-electron chi connectivity index (χ4n) is 3.87. The van der Waals surface area contributed by atoms with E-state index in [1.54, 1.807) is 0 Å². The van der Waals surface area contributed by atoms with E-state index in [1.807, 2.05) is 61.2 Å². The predicted octanol–water partition coefficient (Wildman–Crippen LogP) is 3.15. The summed E-state index contributed by atoms with van der Waals surface area (Å²) in [5.41, 5.74) is 4.01. The number of sulfone groups is 1. The van der Waals surface area contributed by atoms with Crippen LogP contribution in [0.4, 0.5) is 5.69 Å². The molecule has 2 fully saturated rings. The average molecular weight is 415 g/mol. The summed E-state index contributed by atoms with van der Waals surface area (Å²) >= 11 is 1.41. The largest absolute Gasteiger partial charge is 0.316 e. The van der Waals surface area contributed by atoms with E-state index in [2.05, 4.69) is 11.1 Å². The number of carbonyl (C=O) groups excluding carboxylic acids is 1. The van der Waals surface area contributed by atoms with Crippen LogP contribution in [0, 0.1) is 13.8 Å². The SMILES string of the molecule is Cc1cc(C)cc(N2C(=NC(=O)Cc3ccccc3)S[C@@H]3CS(=O)(=O)C[C@H]32)c1. The second kappa shape index (κ2) is 7.37. The molecule has 1 amide bonds. The second-order valence-corrected chi connectivity index (χ2v) is 10.8. The van der Waals surface area contributed by atoms with E-state index in [9.17, 15) is 13.2 Å². The highest BCUT2D eigenvalue weighted by molar-refractivity contribution is 8.16. The van der Waals surface area contributed by atoms with Crippen molar-refractivity contribution in [1.82, 2.24) is 0 Å². The highest BCUT2D eigenvalue weighted by atomic mass is 32.2. The van der Waals surface area contributed by atoms with Crippen molar-refractivity contribution in [3.05, 3.63) is 65.2 Å². The summed E-state index contributed by atoms with van der Waals surface area (Å²) in [4.78, 5) is 18.9. The van der Waals surface area contributed by atoms with Gasteiger partial charge in [-0.25, -0.2) is 8.42 Å². The number of carbonyl (C=O) groups is 1. The van der Waals surface area contributed by atoms with Crippen molar-refractivity contribution >= 4 is 38.4 Å². The summed E-state index contributed by atoms with van der Waals surface area (Å²) in [5.74, 6) is 0.0184. The summed E-state index contributed by atoms with van der Waals surface area (Å²) in [5, 5.41) is 0.518. The molecule has 0 saturated carbocycles. The number of amidine groups is 1. The molecule has 7 heteroatoms. The van der Waals surface area contributed by atoms with Gasteiger partial charge in [0.15, 0.2) is 15.0 Å². The third-order valence-electron chi connectivity index (χ3n) is 4.97. The number of amides is 1. The molecule has 0 aliphatic carbocycles. The van der Waals surface area contributed by atoms with Crippen molar-refractivity contribution in [3.63, 3.8) is 0 Å². The third-order valence-corrected chi connectivity index (χ3v) is 8.18. The van der Waals surface area contributed by atoms with Crippen LogP contribution in [0.2, 0.25) is 0 Å². The first-order valence-electron chi connectivity index (χ1n) is 9.21. The van der Waals surface area contributed by atoms with Gasteiger partial charge in [0.25, 0.3) is 5.91 Å². The Labute approximate surface area is 169 Å². The first-order valence-corrected chi connectivity index (χ1v) is 11.9. The topological polar surface area (TPSA) is 66.8 Å². The number of hydrogen-bond acceptors (Lipinski definition) is 4. The highest BCUT2D eigenvalue weighted by Gasteiger charge is 2.49. The smallest absolute Gasteiger partial charge is 0.252 e. The molecule has 0 radical (unpaired) electrons. The number of aryl methyl sites for hydroxylation is 2. The average Bonchev–Trinajstić information content (AvgIpc) is 3.05. The lowest BCUT2D eigenvalue weighted by molar-refractivity contribution is -0.117. The van der Waals surface area contributed by atoms with Crippen molar-refractivity contribution < 1.29 is 13.2 Å². The van der Waals surface area contributed by atoms with Gasteiger partial charge in [0, 0.05) is 10.9 Å². The molecular weight excluding hydrogens is 392 g/mol. The van der Waals surface area contributed by atoms with Crippen molar-refractivity contribution in [1.29, 1.82) is 0 Å². The maximum Gasteiger partial charge on any atom is 0.252 e. The molecule has 2 aliphatic heterocycles. The predicted molar refractivity (Wildman–Crippen MR) is 115 cm³/mol. The van der Waals surface area contributed by atoms with Gasteiger partial charge < -0.3 is 4.90 Å². The van der Waals surface area contributed by atoms with Gasteiger partial charge in [0.05, 0.1) is 24.0 Å². The monoisotopic (exact) mass is 414 g/mol. The van der Waals surface area contributed by atoms with Crippen molar-refractivity contribution in [3.8, 4) is 0 Å². The molecule has 2 atom stereocenters. The van der Waals surface area contributed by atoms with Crippen LogP contribution in [0.1, 0.15) is 16.7 Å². The number of nitrogens with zero attached hydrogens (tertiary/aromatic N) is 2. The maximum absolute atomic E-state index is 12.6. The van der Waals surface area contributed by atoms with Crippen LogP contribution >= 0.6 is 11.8 Å². The van der Waals surface area contributed by atoms with Crippen molar-refractivity contribution in [2.24, 2.45) is 4.99 Å². The van der Waals surface area contributed by atoms with E-state index in [1.165, 1.54) is 11.8 Å². The molecule has 0 unspecified atom stereocenters. The Balaban J connectivity index is 1.68. The minimum atomic E-state index is -3.07. The number of anilines is 1. The fourth-order valence-corrected chi connectivity index (χ4v) is 7.80. The van der Waals surface area contributed by atoms with E-state index < -0.39 is 9.84 Å². The fraction of sp³-hybridized carbons (Fsp3) is 0.333. The lowest BCUT2D eigenvalue weighted by atomic mass is 10.1. The molecule has 28 heavy (non-hydrogen) atoms. The summed E-state index contributed by atoms with van der Waals surface area (Å²) in [7, 11) is -3.07. The van der Waals surface area contributed by atoms with E-state index in [0.29, 0.717) is 5.17 Å². The van der Waals surface area contributed by atoms with Gasteiger partial charge in [-0.1, -0.05) is 48.2 Å². The van der Waals surface area contributed by atoms with Gasteiger partial charge in [-0.15, -0.1) is 0 Å². The van der Waals surface area contributed by atoms with Crippen LogP contribution in [0.15, 0.2) is 53.5 Å². The lowest BCUT2D eigenvalue weighted by Crippen LogP contribution is -2.37. The molecule has 0 bridgehead atoms. The standard InChI is InChI=1S/C21H22N2O3S2/c1-14-8-15(2)10-17(9-14)23-18-12-28(25,26)13-19(18)27-21(23)22-20(24)11-16-6-4-3-5-7-16/h3-10,18-19H,11-13H2,1-2H3/t18-,19-/m1/s1. The quantitative estimate of drug-likeness (QED) is 0.772. The van der Waals surface area contributed by atoms with Crippen molar-refractivity contribution in [2.45, 2.75) is 31.6 Å². The van der Waals surface area contributed by atoms with Crippen LogP contribution in [-0.2, 0) is 21.1 Å². The Morgan fingerprint density at radius 1 is 1.11 bits per heavy atom. The number of benzene rings is 2. The molecular formula is C21H22N2O3S2. The Morgan fingerprint density at radius 3 is 2.46 bits per heavy atom. The molecule has 0 N–H and O–H groups in total. The molecule has 2 heterocycles. The molecule has 146 valence electrons. The first kappa shape index (κ1) is 19.2. The van der Waals surface area contributed by atoms with Gasteiger partial charge in [-0.05, 0) is 42.7 Å². The number of aliphatic imine (C=N–C) groups is 1. The first-order chi connectivity index (χ1) is 13.3. The lowest BCUT2D eigenvalue weighted by Gasteiger charge is -2.25. The third kappa shape index (κ3) is 4.00. The maximum atomic E-state index is 12.6. The van der Waals surface area contributed by atoms with Crippen molar-refractivity contribution in [2.75, 3.05) is 16.4 Å². The van der Waals surface area contributed by atoms with Gasteiger partial charge >= 0.3 is 0 Å². The number of thioether (sulfide) groups is 1. The minimum Gasteiger partial charge on any atom is -0.316 e. The highest BCUT2D eigenvalue weighted by Crippen LogP contribution is 2.41. The zero-order chi connectivity index (χ0) is 19.9. The normalized spacial score (nSPS) is 24.5. The molecule has 4 rings (SSSR count). The molecule has 2 aromatic carbocycles. The van der Waals surface area contributed by atoms with E-state index in [-0.39, 0.29) is 35.1 Å². The van der Waals surface area contributed by atoms with Gasteiger partial charge in [-0.2, -0.15) is 4.99 Å². The number of rotatable bonds is 3. The molecule has 0 spiro atoms. The number of hydrogen-bond donors (Lipinski definition) is 0. The van der Waals surface area contributed by atoms with E-state index >= 15 is 0 Å². The molecule has 0 aromatic heterocycles. The van der Waals surface area contributed by atoms with Crippen LogP contribution in [0.5, 0.6) is 0 Å². The molecule has 2 saturated heterocycles. The molecule has 2 aromatic rings. The van der Waals surface area contributed by atoms with Gasteiger partial charge in [0.2, 0.25) is 0 Å². The van der Waals surface area contributed by atoms with E-state index in [4.69, 9.17) is 0 Å². The second-order valence-electron chi connectivity index (χ2n) is 7.47. The Hall–Kier alpha value is -2.12. The summed E-state index contributed by atoms with van der Waals surface area (Å²) < 4.78 is 24.4. The Morgan fingerprint density at radius 2 is 1.79 bits per heavy atom. The van der Waals surface area contributed by atoms with Crippen LogP contribution < -0.4 is 4.90 Å². The van der Waals surface area contributed by atoms with Gasteiger partial charge in [0.1, 0.15) is 0 Å².